The summed E-state index contributed by atoms with van der Waals surface area (Å²) in [4.78, 5) is 12.7. The van der Waals surface area contributed by atoms with E-state index < -0.39 is 16.1 Å². The zero-order chi connectivity index (χ0) is 22.1. The molecule has 1 amide bonds. The SMILES string of the molecule is CCOc1ccc(CCNC(=O)C(NS(=O)(=O)c2cccs2)C(C)C)cc1OCC. The van der Waals surface area contributed by atoms with Gasteiger partial charge in [0.2, 0.25) is 5.91 Å². The van der Waals surface area contributed by atoms with Crippen LogP contribution in [0.25, 0.3) is 0 Å². The molecule has 1 unspecified atom stereocenters. The molecule has 0 saturated carbocycles. The fourth-order valence-electron chi connectivity index (χ4n) is 2.83. The minimum atomic E-state index is -3.73. The zero-order valence-corrected chi connectivity index (χ0v) is 19.4. The van der Waals surface area contributed by atoms with Gasteiger partial charge in [0, 0.05) is 6.54 Å². The molecule has 2 N–H and O–H groups in total. The average Bonchev–Trinajstić information content (AvgIpc) is 3.24. The van der Waals surface area contributed by atoms with Crippen LogP contribution in [0, 0.1) is 5.92 Å². The molecule has 1 aromatic carbocycles. The number of hydrogen-bond donors (Lipinski definition) is 2. The Bertz CT molecular complexity index is 911. The third kappa shape index (κ3) is 6.72. The highest BCUT2D eigenvalue weighted by Crippen LogP contribution is 2.28. The van der Waals surface area contributed by atoms with Gasteiger partial charge in [0.05, 0.1) is 13.2 Å². The monoisotopic (exact) mass is 454 g/mol. The molecule has 0 radical (unpaired) electrons. The molecule has 7 nitrogen and oxygen atoms in total. The molecule has 0 fully saturated rings. The number of ether oxygens (including phenoxy) is 2. The number of rotatable bonds is 12. The van der Waals surface area contributed by atoms with Gasteiger partial charge in [-0.2, -0.15) is 4.72 Å². The van der Waals surface area contributed by atoms with Gasteiger partial charge in [-0.3, -0.25) is 4.79 Å². The second kappa shape index (κ2) is 11.3. The van der Waals surface area contributed by atoms with Crippen LogP contribution >= 0.6 is 11.3 Å². The molecule has 0 aliphatic carbocycles. The highest BCUT2D eigenvalue weighted by atomic mass is 32.2. The van der Waals surface area contributed by atoms with E-state index in [1.54, 1.807) is 11.4 Å². The van der Waals surface area contributed by atoms with Gasteiger partial charge < -0.3 is 14.8 Å². The second-order valence-electron chi connectivity index (χ2n) is 6.96. The van der Waals surface area contributed by atoms with Gasteiger partial charge >= 0.3 is 0 Å². The van der Waals surface area contributed by atoms with Crippen LogP contribution in [-0.2, 0) is 21.2 Å². The second-order valence-corrected chi connectivity index (χ2v) is 9.85. The molecule has 0 aliphatic heterocycles. The smallest absolute Gasteiger partial charge is 0.250 e. The van der Waals surface area contributed by atoms with Crippen LogP contribution < -0.4 is 19.5 Å². The van der Waals surface area contributed by atoms with Crippen LogP contribution in [0.15, 0.2) is 39.9 Å². The lowest BCUT2D eigenvalue weighted by Gasteiger charge is -2.21. The number of sulfonamides is 1. The Kier molecular flexibility index (Phi) is 9.13. The molecule has 1 aromatic heterocycles. The molecule has 9 heteroatoms. The summed E-state index contributed by atoms with van der Waals surface area (Å²) < 4.78 is 38.9. The van der Waals surface area contributed by atoms with E-state index in [-0.39, 0.29) is 16.0 Å². The van der Waals surface area contributed by atoms with Crippen LogP contribution in [-0.4, -0.2) is 40.1 Å². The van der Waals surface area contributed by atoms with Crippen LogP contribution in [0.2, 0.25) is 0 Å². The third-order valence-corrected chi connectivity index (χ3v) is 7.15. The number of nitrogens with one attached hydrogen (secondary N) is 2. The molecule has 30 heavy (non-hydrogen) atoms. The van der Waals surface area contributed by atoms with Crippen molar-refractivity contribution in [3.8, 4) is 11.5 Å². The minimum absolute atomic E-state index is 0.193. The maximum atomic E-state index is 12.7. The number of benzene rings is 1. The molecule has 0 aliphatic rings. The van der Waals surface area contributed by atoms with Crippen molar-refractivity contribution in [2.24, 2.45) is 5.92 Å². The predicted molar refractivity (Wildman–Crippen MR) is 119 cm³/mol. The lowest BCUT2D eigenvalue weighted by atomic mass is 10.0. The van der Waals surface area contributed by atoms with Gasteiger partial charge in [0.1, 0.15) is 10.3 Å². The van der Waals surface area contributed by atoms with Crippen molar-refractivity contribution in [3.05, 3.63) is 41.3 Å². The van der Waals surface area contributed by atoms with Crippen LogP contribution in [0.4, 0.5) is 0 Å². The Hall–Kier alpha value is -2.10. The summed E-state index contributed by atoms with van der Waals surface area (Å²) in [5, 5.41) is 4.52. The van der Waals surface area contributed by atoms with Gasteiger partial charge in [0.25, 0.3) is 10.0 Å². The minimum Gasteiger partial charge on any atom is -0.490 e. The third-order valence-electron chi connectivity index (χ3n) is 4.31. The van der Waals surface area contributed by atoms with Crippen molar-refractivity contribution < 1.29 is 22.7 Å². The molecule has 1 atom stereocenters. The maximum absolute atomic E-state index is 12.7. The van der Waals surface area contributed by atoms with Crippen LogP contribution in [0.3, 0.4) is 0 Å². The van der Waals surface area contributed by atoms with Crippen molar-refractivity contribution in [3.63, 3.8) is 0 Å². The van der Waals surface area contributed by atoms with E-state index in [9.17, 15) is 13.2 Å². The summed E-state index contributed by atoms with van der Waals surface area (Å²) in [5.41, 5.74) is 0.988. The number of amides is 1. The number of carbonyl (C=O) groups is 1. The standard InChI is InChI=1S/C21H30N2O5S2/c1-5-27-17-10-9-16(14-18(17)28-6-2)11-12-22-21(24)20(15(3)4)23-30(25,26)19-8-7-13-29-19/h7-10,13-15,20,23H,5-6,11-12H2,1-4H3,(H,22,24). The summed E-state index contributed by atoms with van der Waals surface area (Å²) >= 11 is 1.12. The van der Waals surface area contributed by atoms with Crippen molar-refractivity contribution in [2.75, 3.05) is 19.8 Å². The summed E-state index contributed by atoms with van der Waals surface area (Å²) in [6, 6.07) is 8.02. The molecule has 2 aromatic rings. The highest BCUT2D eigenvalue weighted by Gasteiger charge is 2.28. The molecular formula is C21H30N2O5S2. The first-order valence-electron chi connectivity index (χ1n) is 10.0. The number of carbonyl (C=O) groups excluding carboxylic acids is 1. The lowest BCUT2D eigenvalue weighted by Crippen LogP contribution is -2.49. The average molecular weight is 455 g/mol. The van der Waals surface area contributed by atoms with Crippen molar-refractivity contribution in [1.82, 2.24) is 10.0 Å². The van der Waals surface area contributed by atoms with Crippen LogP contribution in [0.5, 0.6) is 11.5 Å². The zero-order valence-electron chi connectivity index (χ0n) is 17.8. The Morgan fingerprint density at radius 2 is 1.80 bits per heavy atom. The summed E-state index contributed by atoms with van der Waals surface area (Å²) in [7, 11) is -3.73. The van der Waals surface area contributed by atoms with Gasteiger partial charge in [-0.15, -0.1) is 11.3 Å². The predicted octanol–water partition coefficient (Wildman–Crippen LogP) is 3.21. The van der Waals surface area contributed by atoms with Crippen molar-refractivity contribution in [1.29, 1.82) is 0 Å². The van der Waals surface area contributed by atoms with E-state index >= 15 is 0 Å². The van der Waals surface area contributed by atoms with Gasteiger partial charge in [-0.25, -0.2) is 8.42 Å². The topological polar surface area (TPSA) is 93.7 Å². The largest absolute Gasteiger partial charge is 0.490 e. The molecule has 1 heterocycles. The van der Waals surface area contributed by atoms with Gasteiger partial charge in [0.15, 0.2) is 11.5 Å². The van der Waals surface area contributed by atoms with E-state index in [1.807, 2.05) is 45.9 Å². The molecular weight excluding hydrogens is 424 g/mol. The van der Waals surface area contributed by atoms with E-state index in [4.69, 9.17) is 9.47 Å². The Morgan fingerprint density at radius 1 is 1.10 bits per heavy atom. The summed E-state index contributed by atoms with van der Waals surface area (Å²) in [6.07, 6.45) is 0.584. The summed E-state index contributed by atoms with van der Waals surface area (Å²) in [6.45, 7) is 8.89. The first kappa shape index (κ1) is 24.2. The number of hydrogen-bond acceptors (Lipinski definition) is 6. The van der Waals surface area contributed by atoms with E-state index in [2.05, 4.69) is 10.0 Å². The first-order valence-corrected chi connectivity index (χ1v) is 12.4. The molecule has 2 rings (SSSR count). The molecule has 0 spiro atoms. The normalized spacial score (nSPS) is 12.6. The lowest BCUT2D eigenvalue weighted by molar-refractivity contribution is -0.123. The Balaban J connectivity index is 1.98. The molecule has 166 valence electrons. The molecule has 0 saturated heterocycles. The van der Waals surface area contributed by atoms with E-state index in [0.717, 1.165) is 16.9 Å². The van der Waals surface area contributed by atoms with Crippen molar-refractivity contribution >= 4 is 27.3 Å². The van der Waals surface area contributed by atoms with Crippen LogP contribution in [0.1, 0.15) is 33.3 Å². The van der Waals surface area contributed by atoms with E-state index in [1.165, 1.54) is 6.07 Å². The Labute approximate surface area is 182 Å². The van der Waals surface area contributed by atoms with Crippen molar-refractivity contribution in [2.45, 2.75) is 44.4 Å². The maximum Gasteiger partial charge on any atom is 0.250 e. The van der Waals surface area contributed by atoms with E-state index in [0.29, 0.717) is 37.7 Å². The van der Waals surface area contributed by atoms with Gasteiger partial charge in [-0.05, 0) is 55.3 Å². The summed E-state index contributed by atoms with van der Waals surface area (Å²) in [5.74, 6) is 0.817. The molecule has 0 bridgehead atoms. The quantitative estimate of drug-likeness (QED) is 0.514. The van der Waals surface area contributed by atoms with Gasteiger partial charge in [-0.1, -0.05) is 26.0 Å². The fourth-order valence-corrected chi connectivity index (χ4v) is 5.18. The first-order chi connectivity index (χ1) is 14.3. The number of thiophene rings is 1. The fraction of sp³-hybridized carbons (Fsp3) is 0.476. The Morgan fingerprint density at radius 3 is 2.40 bits per heavy atom. The highest BCUT2D eigenvalue weighted by molar-refractivity contribution is 7.91.